The summed E-state index contributed by atoms with van der Waals surface area (Å²) in [5.74, 6) is -1.95. The molecule has 0 aliphatic carbocycles. The number of benzene rings is 4. The number of ether oxygens (including phenoxy) is 1. The molecule has 4 aromatic carbocycles. The lowest BCUT2D eigenvalue weighted by Crippen LogP contribution is -2.43. The van der Waals surface area contributed by atoms with Crippen molar-refractivity contribution in [2.24, 2.45) is 0 Å². The third-order valence-corrected chi connectivity index (χ3v) is 8.85. The number of amides is 2. The highest BCUT2D eigenvalue weighted by Gasteiger charge is 2.25. The largest absolute Gasteiger partial charge is 0.508 e. The van der Waals surface area contributed by atoms with E-state index in [4.69, 9.17) is 39.5 Å². The number of halogens is 3. The van der Waals surface area contributed by atoms with Crippen LogP contribution in [0.3, 0.4) is 0 Å². The van der Waals surface area contributed by atoms with Gasteiger partial charge in [0.25, 0.3) is 11.8 Å². The number of anilines is 1. The van der Waals surface area contributed by atoms with Gasteiger partial charge in [-0.1, -0.05) is 65.1 Å². The Labute approximate surface area is 274 Å². The monoisotopic (exact) mass is 689 g/mol. The van der Waals surface area contributed by atoms with E-state index in [0.29, 0.717) is 16.8 Å². The number of carbonyl (C=O) groups is 3. The van der Waals surface area contributed by atoms with Gasteiger partial charge >= 0.3 is 5.97 Å². The number of hydrogen-bond acceptors (Lipinski definition) is 7. The Kier molecular flexibility index (Phi) is 11.1. The lowest BCUT2D eigenvalue weighted by atomic mass is 10.0. The van der Waals surface area contributed by atoms with Crippen LogP contribution < -0.4 is 15.4 Å². The molecule has 0 radical (unpaired) electrons. The van der Waals surface area contributed by atoms with Crippen LogP contribution in [0.2, 0.25) is 15.1 Å². The smallest absolute Gasteiger partial charge is 0.328 e. The maximum absolute atomic E-state index is 13.1. The molecule has 0 aromatic heterocycles. The highest BCUT2D eigenvalue weighted by molar-refractivity contribution is 7.89. The first-order chi connectivity index (χ1) is 21.4. The molecule has 0 saturated carbocycles. The minimum absolute atomic E-state index is 0.00350. The molecular formula is C31H26Cl3N3O7S. The third-order valence-electron chi connectivity index (χ3n) is 6.50. The number of rotatable bonds is 11. The van der Waals surface area contributed by atoms with Gasteiger partial charge in [-0.15, -0.1) is 0 Å². The number of methoxy groups -OCH3 is 1. The van der Waals surface area contributed by atoms with Crippen molar-refractivity contribution < 1.29 is 32.6 Å². The summed E-state index contributed by atoms with van der Waals surface area (Å²) in [6.07, 6.45) is 0.0338. The second-order valence-corrected chi connectivity index (χ2v) is 12.6. The van der Waals surface area contributed by atoms with E-state index >= 15 is 0 Å². The average Bonchev–Trinajstić information content (AvgIpc) is 3.00. The van der Waals surface area contributed by atoms with Crippen LogP contribution in [0.4, 0.5) is 5.69 Å². The number of hydrogen-bond donors (Lipinski definition) is 4. The quantitative estimate of drug-likeness (QED) is 0.150. The molecule has 1 atom stereocenters. The number of phenols is 1. The van der Waals surface area contributed by atoms with Gasteiger partial charge in [0.15, 0.2) is 0 Å². The second kappa shape index (κ2) is 14.8. The van der Waals surface area contributed by atoms with Crippen molar-refractivity contribution in [3.05, 3.63) is 122 Å². The van der Waals surface area contributed by atoms with E-state index in [0.717, 1.165) is 6.07 Å². The molecule has 2 amide bonds. The molecule has 14 heteroatoms. The van der Waals surface area contributed by atoms with Crippen LogP contribution in [0.25, 0.3) is 0 Å². The van der Waals surface area contributed by atoms with Crippen LogP contribution in [0.5, 0.6) is 5.75 Å². The van der Waals surface area contributed by atoms with Gasteiger partial charge in [0.05, 0.1) is 38.2 Å². The second-order valence-electron chi connectivity index (χ2n) is 9.64. The van der Waals surface area contributed by atoms with Gasteiger partial charge in [-0.3, -0.25) is 9.59 Å². The summed E-state index contributed by atoms with van der Waals surface area (Å²) in [5.41, 5.74) is 1.68. The van der Waals surface area contributed by atoms with E-state index in [1.807, 2.05) is 0 Å². The summed E-state index contributed by atoms with van der Waals surface area (Å²) in [7, 11) is -2.83. The molecule has 234 valence electrons. The molecule has 45 heavy (non-hydrogen) atoms. The van der Waals surface area contributed by atoms with Gasteiger partial charge in [0.1, 0.15) is 11.8 Å². The zero-order valence-corrected chi connectivity index (χ0v) is 26.6. The zero-order chi connectivity index (χ0) is 32.7. The van der Waals surface area contributed by atoms with Gasteiger partial charge in [0.2, 0.25) is 10.0 Å². The van der Waals surface area contributed by atoms with E-state index < -0.39 is 33.8 Å². The van der Waals surface area contributed by atoms with Gasteiger partial charge in [-0.05, 0) is 65.7 Å². The van der Waals surface area contributed by atoms with Crippen molar-refractivity contribution >= 4 is 68.3 Å². The van der Waals surface area contributed by atoms with Crippen LogP contribution in [0.1, 0.15) is 31.8 Å². The summed E-state index contributed by atoms with van der Waals surface area (Å²) in [6, 6.07) is 19.8. The fraction of sp³-hybridized carbons (Fsp3) is 0.129. The predicted molar refractivity (Wildman–Crippen MR) is 171 cm³/mol. The molecule has 0 saturated heterocycles. The molecule has 4 aromatic rings. The van der Waals surface area contributed by atoms with Crippen molar-refractivity contribution in [3.63, 3.8) is 0 Å². The molecule has 0 spiro atoms. The first-order valence-electron chi connectivity index (χ1n) is 13.2. The van der Waals surface area contributed by atoms with Gasteiger partial charge in [0, 0.05) is 18.7 Å². The molecule has 0 aliphatic heterocycles. The van der Waals surface area contributed by atoms with E-state index in [1.54, 1.807) is 54.6 Å². The topological polar surface area (TPSA) is 151 Å². The molecule has 4 rings (SSSR count). The molecule has 0 aliphatic rings. The lowest BCUT2D eigenvalue weighted by Gasteiger charge is -2.18. The van der Waals surface area contributed by atoms with Crippen LogP contribution in [0, 0.1) is 0 Å². The van der Waals surface area contributed by atoms with Gasteiger partial charge < -0.3 is 20.5 Å². The molecular weight excluding hydrogens is 665 g/mol. The van der Waals surface area contributed by atoms with Crippen molar-refractivity contribution in [1.29, 1.82) is 0 Å². The Morgan fingerprint density at radius 1 is 0.822 bits per heavy atom. The Balaban J connectivity index is 1.42. The molecule has 0 bridgehead atoms. The van der Waals surface area contributed by atoms with Gasteiger partial charge in [-0.2, -0.15) is 0 Å². The number of nitrogens with one attached hydrogen (secondary N) is 3. The van der Waals surface area contributed by atoms with E-state index in [2.05, 4.69) is 15.4 Å². The number of carbonyl (C=O) groups excluding carboxylic acids is 3. The third kappa shape index (κ3) is 8.74. The molecule has 0 heterocycles. The summed E-state index contributed by atoms with van der Waals surface area (Å²) in [6.45, 7) is -0.0829. The zero-order valence-electron chi connectivity index (χ0n) is 23.5. The normalized spacial score (nSPS) is 11.8. The highest BCUT2D eigenvalue weighted by Crippen LogP contribution is 2.26. The predicted octanol–water partition coefficient (Wildman–Crippen LogP) is 5.60. The Hall–Kier alpha value is -4.13. The summed E-state index contributed by atoms with van der Waals surface area (Å²) >= 11 is 18.5. The molecule has 0 unspecified atom stereocenters. The maximum atomic E-state index is 13.1. The molecule has 10 nitrogen and oxygen atoms in total. The number of phenolic OH excluding ortho intramolecular Hbond substituents is 1. The SMILES string of the molecule is COC(=O)[C@H](Cc1ccc(NC(=O)c2c(Cl)cccc2Cl)cc1)NC(=O)c1ccc(S(=O)(=O)NCc2cccc(O)c2)cc1Cl. The number of sulfonamides is 1. The van der Waals surface area contributed by atoms with Gasteiger partial charge in [-0.25, -0.2) is 17.9 Å². The first-order valence-corrected chi connectivity index (χ1v) is 15.8. The van der Waals surface area contributed by atoms with Crippen molar-refractivity contribution in [2.75, 3.05) is 12.4 Å². The van der Waals surface area contributed by atoms with E-state index in [-0.39, 0.29) is 49.8 Å². The summed E-state index contributed by atoms with van der Waals surface area (Å²) in [4.78, 5) is 38.1. The minimum atomic E-state index is -4.01. The first kappa shape index (κ1) is 33.8. The van der Waals surface area contributed by atoms with Crippen LogP contribution in [-0.2, 0) is 32.5 Å². The lowest BCUT2D eigenvalue weighted by molar-refractivity contribution is -0.142. The van der Waals surface area contributed by atoms with Crippen LogP contribution in [0.15, 0.2) is 89.8 Å². The number of esters is 1. The highest BCUT2D eigenvalue weighted by atomic mass is 35.5. The van der Waals surface area contributed by atoms with E-state index in [9.17, 15) is 27.9 Å². The Bertz CT molecular complexity index is 1830. The van der Waals surface area contributed by atoms with Crippen LogP contribution >= 0.6 is 34.8 Å². The summed E-state index contributed by atoms with van der Waals surface area (Å²) < 4.78 is 32.9. The molecule has 4 N–H and O–H groups in total. The van der Waals surface area contributed by atoms with Crippen molar-refractivity contribution in [3.8, 4) is 5.75 Å². The molecule has 0 fully saturated rings. The minimum Gasteiger partial charge on any atom is -0.508 e. The van der Waals surface area contributed by atoms with Crippen LogP contribution in [-0.4, -0.2) is 44.5 Å². The Morgan fingerprint density at radius 3 is 2.11 bits per heavy atom. The maximum Gasteiger partial charge on any atom is 0.328 e. The van der Waals surface area contributed by atoms with Crippen molar-refractivity contribution in [2.45, 2.75) is 23.9 Å². The van der Waals surface area contributed by atoms with Crippen molar-refractivity contribution in [1.82, 2.24) is 10.0 Å². The standard InChI is InChI=1S/C31H26Cl3N3O7S/c1-44-31(41)27(15-18-8-10-20(11-9-18)36-30(40)28-24(32)6-3-7-25(28)33)37-29(39)23-13-12-22(16-26(23)34)45(42,43)35-17-19-4-2-5-21(38)14-19/h2-14,16,27,35,38H,15,17H2,1H3,(H,36,40)(H,37,39)/t27-/m0/s1. The Morgan fingerprint density at radius 2 is 1.49 bits per heavy atom. The summed E-state index contributed by atoms with van der Waals surface area (Å²) in [5, 5.41) is 15.1. The number of aromatic hydroxyl groups is 1. The fourth-order valence-electron chi connectivity index (χ4n) is 4.21. The average molecular weight is 691 g/mol. The fourth-order valence-corrected chi connectivity index (χ4v) is 6.16. The van der Waals surface area contributed by atoms with E-state index in [1.165, 1.54) is 31.4 Å².